The number of hydrogen-bond donors (Lipinski definition) is 2. The number of carbonyl (C=O) groups excluding carboxylic acids is 1. The highest BCUT2D eigenvalue weighted by molar-refractivity contribution is 7.80. The van der Waals surface area contributed by atoms with Crippen LogP contribution in [0, 0.1) is 17.0 Å². The molecule has 11 heteroatoms. The van der Waals surface area contributed by atoms with Crippen molar-refractivity contribution in [3.8, 4) is 17.2 Å². The van der Waals surface area contributed by atoms with Crippen LogP contribution in [0.3, 0.4) is 0 Å². The van der Waals surface area contributed by atoms with Gasteiger partial charge in [0.1, 0.15) is 5.52 Å². The van der Waals surface area contributed by atoms with E-state index in [1.165, 1.54) is 19.2 Å². The van der Waals surface area contributed by atoms with Gasteiger partial charge < -0.3 is 14.5 Å². The molecule has 4 rings (SSSR count). The highest BCUT2D eigenvalue weighted by atomic mass is 35.5. The molecule has 34 heavy (non-hydrogen) atoms. The summed E-state index contributed by atoms with van der Waals surface area (Å²) >= 11 is 11.3. The number of benzene rings is 3. The van der Waals surface area contributed by atoms with Gasteiger partial charge in [0.05, 0.1) is 12.0 Å². The van der Waals surface area contributed by atoms with Crippen LogP contribution in [0.15, 0.2) is 59.0 Å². The molecule has 0 aliphatic carbocycles. The summed E-state index contributed by atoms with van der Waals surface area (Å²) in [6.45, 7) is 1.87. The van der Waals surface area contributed by atoms with E-state index < -0.39 is 10.8 Å². The number of thiocarbonyl (C=S) groups is 1. The highest BCUT2D eigenvalue weighted by Crippen LogP contribution is 2.30. The summed E-state index contributed by atoms with van der Waals surface area (Å²) in [5.41, 5.74) is 3.16. The van der Waals surface area contributed by atoms with Crippen molar-refractivity contribution < 1.29 is 18.9 Å². The minimum absolute atomic E-state index is 0.0214. The molecule has 0 unspecified atom stereocenters. The number of hydrogen-bond acceptors (Lipinski definition) is 7. The minimum atomic E-state index is -0.624. The Morgan fingerprint density at radius 2 is 1.97 bits per heavy atom. The Hall–Kier alpha value is -4.02. The van der Waals surface area contributed by atoms with Crippen LogP contribution in [0.25, 0.3) is 22.6 Å². The third kappa shape index (κ3) is 4.82. The largest absolute Gasteiger partial charge is 0.490 e. The summed E-state index contributed by atoms with van der Waals surface area (Å²) in [4.78, 5) is 27.6. The van der Waals surface area contributed by atoms with Gasteiger partial charge in [0.25, 0.3) is 5.91 Å². The lowest BCUT2D eigenvalue weighted by atomic mass is 10.1. The van der Waals surface area contributed by atoms with E-state index in [0.29, 0.717) is 33.3 Å². The van der Waals surface area contributed by atoms with Crippen molar-refractivity contribution in [3.63, 3.8) is 0 Å². The summed E-state index contributed by atoms with van der Waals surface area (Å²) < 4.78 is 10.8. The van der Waals surface area contributed by atoms with E-state index in [9.17, 15) is 14.9 Å². The fourth-order valence-electron chi connectivity index (χ4n) is 3.22. The number of oxazole rings is 1. The molecule has 0 radical (unpaired) electrons. The Labute approximate surface area is 203 Å². The predicted octanol–water partition coefficient (Wildman–Crippen LogP) is 5.50. The Balaban J connectivity index is 1.52. The van der Waals surface area contributed by atoms with E-state index in [1.807, 2.05) is 19.1 Å². The fourth-order valence-corrected chi connectivity index (χ4v) is 3.59. The minimum Gasteiger partial charge on any atom is -0.490 e. The Bertz CT molecular complexity index is 1450. The van der Waals surface area contributed by atoms with Crippen molar-refractivity contribution in [2.45, 2.75) is 6.92 Å². The number of amides is 1. The molecule has 0 atom stereocenters. The van der Waals surface area contributed by atoms with Gasteiger partial charge in [0, 0.05) is 27.9 Å². The number of aromatic nitrogens is 1. The Kier molecular flexibility index (Phi) is 6.44. The van der Waals surface area contributed by atoms with E-state index >= 15 is 0 Å². The summed E-state index contributed by atoms with van der Waals surface area (Å²) in [7, 11) is 1.31. The maximum absolute atomic E-state index is 12.6. The fraction of sp³-hybridized carbons (Fsp3) is 0.0870. The van der Waals surface area contributed by atoms with Crippen molar-refractivity contribution in [2.75, 3.05) is 12.4 Å². The van der Waals surface area contributed by atoms with E-state index in [0.717, 1.165) is 11.6 Å². The van der Waals surface area contributed by atoms with Gasteiger partial charge in [-0.3, -0.25) is 20.2 Å². The van der Waals surface area contributed by atoms with E-state index in [2.05, 4.69) is 15.6 Å². The molecule has 0 bridgehead atoms. The number of methoxy groups -OCH3 is 1. The quantitative estimate of drug-likeness (QED) is 0.211. The molecule has 0 aliphatic heterocycles. The second-order valence-corrected chi connectivity index (χ2v) is 8.06. The first-order chi connectivity index (χ1) is 16.2. The zero-order valence-corrected chi connectivity index (χ0v) is 19.5. The number of nitro groups is 1. The van der Waals surface area contributed by atoms with Crippen LogP contribution >= 0.6 is 23.8 Å². The molecule has 1 aromatic heterocycles. The van der Waals surface area contributed by atoms with Gasteiger partial charge in [-0.2, -0.15) is 0 Å². The second-order valence-electron chi connectivity index (χ2n) is 7.21. The number of aryl methyl sites for hydroxylation is 1. The van der Waals surface area contributed by atoms with Crippen LogP contribution in [-0.2, 0) is 0 Å². The van der Waals surface area contributed by atoms with Gasteiger partial charge in [-0.25, -0.2) is 4.98 Å². The van der Waals surface area contributed by atoms with Crippen molar-refractivity contribution in [3.05, 3.63) is 80.9 Å². The van der Waals surface area contributed by atoms with Gasteiger partial charge in [-0.1, -0.05) is 17.7 Å². The highest BCUT2D eigenvalue weighted by Gasteiger charge is 2.19. The zero-order chi connectivity index (χ0) is 24.4. The molecular weight excluding hydrogens is 480 g/mol. The summed E-state index contributed by atoms with van der Waals surface area (Å²) in [5, 5.41) is 17.3. The molecule has 9 nitrogen and oxygen atoms in total. The molecule has 4 aromatic rings. The first-order valence-corrected chi connectivity index (χ1v) is 10.7. The number of nitro benzene ring substituents is 1. The molecule has 0 spiro atoms. The topological polar surface area (TPSA) is 120 Å². The molecule has 0 fully saturated rings. The number of fused-ring (bicyclic) bond motifs is 1. The maximum Gasteiger partial charge on any atom is 0.311 e. The first kappa shape index (κ1) is 23.1. The van der Waals surface area contributed by atoms with Crippen molar-refractivity contribution in [2.24, 2.45) is 0 Å². The van der Waals surface area contributed by atoms with Gasteiger partial charge >= 0.3 is 5.69 Å². The van der Waals surface area contributed by atoms with E-state index in [4.69, 9.17) is 33.0 Å². The monoisotopic (exact) mass is 496 g/mol. The number of halogens is 1. The predicted molar refractivity (Wildman–Crippen MR) is 133 cm³/mol. The van der Waals surface area contributed by atoms with Gasteiger partial charge in [-0.15, -0.1) is 0 Å². The standard InChI is InChI=1S/C23H17ClN4O5S/c1-12-3-4-14(22-25-17-11-15(24)6-8-19(17)33-22)9-16(12)26-23(34)27-21(29)13-5-7-20(32-2)18(10-13)28(30)31/h3-11H,1-2H3,(H2,26,27,29,34). The molecule has 0 aliphatic rings. The molecule has 3 aromatic carbocycles. The van der Waals surface area contributed by atoms with Crippen LogP contribution in [0.1, 0.15) is 15.9 Å². The maximum atomic E-state index is 12.6. The summed E-state index contributed by atoms with van der Waals surface area (Å²) in [6.07, 6.45) is 0. The van der Waals surface area contributed by atoms with Crippen LogP contribution in [0.4, 0.5) is 11.4 Å². The lowest BCUT2D eigenvalue weighted by molar-refractivity contribution is -0.385. The molecule has 2 N–H and O–H groups in total. The Morgan fingerprint density at radius 3 is 2.71 bits per heavy atom. The third-order valence-electron chi connectivity index (χ3n) is 4.95. The lowest BCUT2D eigenvalue weighted by Crippen LogP contribution is -2.34. The van der Waals surface area contributed by atoms with Gasteiger partial charge in [0.15, 0.2) is 16.4 Å². The molecular formula is C23H17ClN4O5S. The van der Waals surface area contributed by atoms with E-state index in [1.54, 1.807) is 24.3 Å². The Morgan fingerprint density at radius 1 is 1.18 bits per heavy atom. The SMILES string of the molecule is COc1ccc(C(=O)NC(=S)Nc2cc(-c3nc4cc(Cl)ccc4o3)ccc2C)cc1[N+](=O)[O-]. The van der Waals surface area contributed by atoms with Crippen LogP contribution < -0.4 is 15.4 Å². The molecule has 0 saturated heterocycles. The van der Waals surface area contributed by atoms with Crippen molar-refractivity contribution in [1.29, 1.82) is 0 Å². The number of rotatable bonds is 5. The number of ether oxygens (including phenoxy) is 1. The summed E-state index contributed by atoms with van der Waals surface area (Å²) in [6, 6.07) is 14.6. The number of nitrogens with zero attached hydrogens (tertiary/aromatic N) is 2. The molecule has 0 saturated carbocycles. The van der Waals surface area contributed by atoms with Crippen LogP contribution in [0.5, 0.6) is 5.75 Å². The van der Waals surface area contributed by atoms with Crippen LogP contribution in [0.2, 0.25) is 5.02 Å². The van der Waals surface area contributed by atoms with Gasteiger partial charge in [0.2, 0.25) is 5.89 Å². The third-order valence-corrected chi connectivity index (χ3v) is 5.39. The van der Waals surface area contributed by atoms with Crippen LogP contribution in [-0.4, -0.2) is 28.0 Å². The number of carbonyl (C=O) groups is 1. The zero-order valence-electron chi connectivity index (χ0n) is 17.9. The second kappa shape index (κ2) is 9.46. The number of anilines is 1. The normalized spacial score (nSPS) is 10.7. The van der Waals surface area contributed by atoms with Crippen molar-refractivity contribution >= 4 is 57.3 Å². The summed E-state index contributed by atoms with van der Waals surface area (Å²) in [5.74, 6) is -0.148. The van der Waals surface area contributed by atoms with Crippen molar-refractivity contribution in [1.82, 2.24) is 10.3 Å². The average Bonchev–Trinajstić information content (AvgIpc) is 3.23. The average molecular weight is 497 g/mol. The molecule has 1 heterocycles. The number of nitrogens with one attached hydrogen (secondary N) is 2. The van der Waals surface area contributed by atoms with E-state index in [-0.39, 0.29) is 22.1 Å². The smallest absolute Gasteiger partial charge is 0.311 e. The molecule has 1 amide bonds. The lowest BCUT2D eigenvalue weighted by Gasteiger charge is -2.13. The first-order valence-electron chi connectivity index (χ1n) is 9.87. The molecule has 172 valence electrons. The van der Waals surface area contributed by atoms with Gasteiger partial charge in [-0.05, 0) is 67.2 Å².